The van der Waals surface area contributed by atoms with Crippen LogP contribution in [0.2, 0.25) is 0 Å². The maximum absolute atomic E-state index is 5.59. The molecule has 1 aromatic carbocycles. The number of anilines is 2. The summed E-state index contributed by atoms with van der Waals surface area (Å²) in [5, 5.41) is 11.9. The van der Waals surface area contributed by atoms with Gasteiger partial charge in [0.15, 0.2) is 0 Å². The number of piperidine rings is 1. The van der Waals surface area contributed by atoms with Gasteiger partial charge in [-0.1, -0.05) is 12.8 Å². The van der Waals surface area contributed by atoms with Crippen molar-refractivity contribution in [1.29, 1.82) is 0 Å². The third-order valence-corrected chi connectivity index (χ3v) is 8.18. The quantitative estimate of drug-likeness (QED) is 0.295. The molecule has 3 atom stereocenters. The first-order valence-electron chi connectivity index (χ1n) is 14.0. The monoisotopic (exact) mass is 508 g/mol. The van der Waals surface area contributed by atoms with E-state index in [1.807, 2.05) is 25.5 Å². The van der Waals surface area contributed by atoms with E-state index in [0.29, 0.717) is 29.7 Å². The fraction of sp³-hybridized carbons (Fsp3) is 0.419. The Morgan fingerprint density at radius 1 is 0.868 bits per heavy atom. The Hall–Kier alpha value is -3.74. The van der Waals surface area contributed by atoms with Crippen LogP contribution in [0.25, 0.3) is 22.6 Å². The van der Waals surface area contributed by atoms with Gasteiger partial charge in [-0.25, -0.2) is 4.98 Å². The van der Waals surface area contributed by atoms with Crippen molar-refractivity contribution in [3.05, 3.63) is 73.0 Å². The van der Waals surface area contributed by atoms with Crippen LogP contribution in [-0.4, -0.2) is 39.3 Å². The minimum atomic E-state index is 0.483. The van der Waals surface area contributed by atoms with Crippen molar-refractivity contribution in [2.75, 3.05) is 23.3 Å². The van der Waals surface area contributed by atoms with Crippen LogP contribution in [-0.2, 0) is 0 Å². The van der Waals surface area contributed by atoms with E-state index in [1.54, 1.807) is 0 Å². The van der Waals surface area contributed by atoms with Crippen molar-refractivity contribution in [1.82, 2.24) is 20.2 Å². The largest absolute Gasteiger partial charge is 0.421 e. The second-order valence-electron chi connectivity index (χ2n) is 10.8. The van der Waals surface area contributed by atoms with Gasteiger partial charge in [-0.2, -0.15) is 0 Å². The first kappa shape index (κ1) is 24.6. The highest BCUT2D eigenvalue weighted by atomic mass is 16.4. The number of nitrogens with zero attached hydrogens (tertiary/aromatic N) is 5. The predicted octanol–water partition coefficient (Wildman–Crippen LogP) is 6.78. The molecule has 0 amide bonds. The van der Waals surface area contributed by atoms with E-state index in [4.69, 9.17) is 4.42 Å². The lowest BCUT2D eigenvalue weighted by Gasteiger charge is -2.39. The van der Waals surface area contributed by atoms with Crippen LogP contribution in [0.15, 0.2) is 71.5 Å². The molecular formula is C31H36N6O. The Balaban J connectivity index is 1.10. The summed E-state index contributed by atoms with van der Waals surface area (Å²) in [5.41, 5.74) is 4.61. The van der Waals surface area contributed by atoms with Crippen molar-refractivity contribution in [3.63, 3.8) is 0 Å². The van der Waals surface area contributed by atoms with Crippen LogP contribution < -0.4 is 10.2 Å². The SMILES string of the molecule is Cc1nnc(-c2ccc(N3CCCC(C[C@@H]4CCCC[C@H]4Nc4cc(-c5ccncc5)ccn4)C3)cc2)o1. The van der Waals surface area contributed by atoms with Crippen molar-refractivity contribution in [2.24, 2.45) is 11.8 Å². The molecule has 1 aliphatic heterocycles. The molecule has 6 rings (SSSR count). The predicted molar refractivity (Wildman–Crippen MR) is 151 cm³/mol. The summed E-state index contributed by atoms with van der Waals surface area (Å²) in [5.74, 6) is 3.56. The Morgan fingerprint density at radius 3 is 2.50 bits per heavy atom. The zero-order valence-electron chi connectivity index (χ0n) is 22.1. The van der Waals surface area contributed by atoms with Gasteiger partial charge in [-0.15, -0.1) is 10.2 Å². The number of benzene rings is 1. The summed E-state index contributed by atoms with van der Waals surface area (Å²) in [7, 11) is 0. The zero-order chi connectivity index (χ0) is 25.7. The van der Waals surface area contributed by atoms with Crippen molar-refractivity contribution < 1.29 is 4.42 Å². The summed E-state index contributed by atoms with van der Waals surface area (Å²) >= 11 is 0. The third kappa shape index (κ3) is 5.72. The molecule has 1 N–H and O–H groups in total. The lowest BCUT2D eigenvalue weighted by Crippen LogP contribution is -2.39. The van der Waals surface area contributed by atoms with Crippen LogP contribution in [0.5, 0.6) is 0 Å². The van der Waals surface area contributed by atoms with Crippen LogP contribution in [0.1, 0.15) is 50.8 Å². The molecule has 3 aromatic heterocycles. The number of hydrogen-bond acceptors (Lipinski definition) is 7. The molecule has 1 aliphatic carbocycles. The molecule has 2 aliphatic rings. The second kappa shape index (κ2) is 11.3. The van der Waals surface area contributed by atoms with Crippen molar-refractivity contribution in [2.45, 2.75) is 57.9 Å². The van der Waals surface area contributed by atoms with E-state index in [-0.39, 0.29) is 0 Å². The molecule has 196 valence electrons. The maximum atomic E-state index is 5.59. The van der Waals surface area contributed by atoms with Gasteiger partial charge in [0, 0.05) is 55.9 Å². The van der Waals surface area contributed by atoms with E-state index in [1.165, 1.54) is 61.8 Å². The number of rotatable bonds is 7. The molecule has 7 heteroatoms. The van der Waals surface area contributed by atoms with Gasteiger partial charge in [-0.3, -0.25) is 4.98 Å². The molecule has 4 aromatic rings. The number of nitrogens with one attached hydrogen (secondary N) is 1. The molecule has 0 radical (unpaired) electrons. The molecule has 1 saturated carbocycles. The summed E-state index contributed by atoms with van der Waals surface area (Å²) in [6, 6.07) is 17.4. The van der Waals surface area contributed by atoms with Gasteiger partial charge in [0.25, 0.3) is 0 Å². The van der Waals surface area contributed by atoms with E-state index in [0.717, 1.165) is 24.5 Å². The number of hydrogen-bond donors (Lipinski definition) is 1. The molecule has 2 fully saturated rings. The third-order valence-electron chi connectivity index (χ3n) is 8.18. The molecule has 0 spiro atoms. The molecule has 7 nitrogen and oxygen atoms in total. The van der Waals surface area contributed by atoms with E-state index >= 15 is 0 Å². The van der Waals surface area contributed by atoms with Crippen LogP contribution >= 0.6 is 0 Å². The van der Waals surface area contributed by atoms with Crippen LogP contribution in [0.4, 0.5) is 11.5 Å². The Labute approximate surface area is 224 Å². The van der Waals surface area contributed by atoms with Crippen molar-refractivity contribution in [3.8, 4) is 22.6 Å². The molecule has 1 saturated heterocycles. The van der Waals surface area contributed by atoms with Gasteiger partial charge in [0.2, 0.25) is 11.8 Å². The lowest BCUT2D eigenvalue weighted by atomic mass is 9.77. The number of aromatic nitrogens is 4. The fourth-order valence-corrected chi connectivity index (χ4v) is 6.25. The Kier molecular flexibility index (Phi) is 7.33. The Bertz CT molecular complexity index is 1320. The topological polar surface area (TPSA) is 80.0 Å². The zero-order valence-corrected chi connectivity index (χ0v) is 22.1. The van der Waals surface area contributed by atoms with Gasteiger partial charge in [0.05, 0.1) is 0 Å². The highest BCUT2D eigenvalue weighted by Gasteiger charge is 2.30. The molecule has 1 unspecified atom stereocenters. The van der Waals surface area contributed by atoms with Crippen LogP contribution in [0, 0.1) is 18.8 Å². The standard InChI is InChI=1S/C31H36N6O/c1-22-35-36-31(38-22)25-8-10-28(11-9-25)37-18-4-5-23(21-37)19-27-6-2-3-7-29(27)34-30-20-26(14-17-33-30)24-12-15-32-16-13-24/h8-17,20,23,27,29H,2-7,18-19,21H2,1H3,(H,33,34)/t23?,27-,29+/m0/s1. The highest BCUT2D eigenvalue weighted by molar-refractivity contribution is 5.65. The minimum Gasteiger partial charge on any atom is -0.421 e. The van der Waals surface area contributed by atoms with E-state index in [9.17, 15) is 0 Å². The highest BCUT2D eigenvalue weighted by Crippen LogP contribution is 2.36. The Morgan fingerprint density at radius 2 is 1.68 bits per heavy atom. The molecule has 0 bridgehead atoms. The minimum absolute atomic E-state index is 0.483. The molecule has 4 heterocycles. The van der Waals surface area contributed by atoms with Gasteiger partial charge in [0.1, 0.15) is 5.82 Å². The molecule has 38 heavy (non-hydrogen) atoms. The second-order valence-corrected chi connectivity index (χ2v) is 10.8. The normalized spacial score (nSPS) is 21.8. The molecular weight excluding hydrogens is 472 g/mol. The summed E-state index contributed by atoms with van der Waals surface area (Å²) < 4.78 is 5.59. The van der Waals surface area contributed by atoms with Crippen LogP contribution in [0.3, 0.4) is 0 Å². The van der Waals surface area contributed by atoms with E-state index in [2.05, 4.69) is 78.9 Å². The first-order valence-corrected chi connectivity index (χ1v) is 14.0. The van der Waals surface area contributed by atoms with Gasteiger partial charge >= 0.3 is 0 Å². The lowest BCUT2D eigenvalue weighted by molar-refractivity contribution is 0.247. The smallest absolute Gasteiger partial charge is 0.247 e. The van der Waals surface area contributed by atoms with Gasteiger partial charge in [-0.05, 0) is 104 Å². The van der Waals surface area contributed by atoms with E-state index < -0.39 is 0 Å². The summed E-state index contributed by atoms with van der Waals surface area (Å²) in [6.07, 6.45) is 14.6. The average Bonchev–Trinajstić information content (AvgIpc) is 3.41. The number of aryl methyl sites for hydroxylation is 1. The van der Waals surface area contributed by atoms with Crippen molar-refractivity contribution >= 4 is 11.5 Å². The summed E-state index contributed by atoms with van der Waals surface area (Å²) in [4.78, 5) is 11.4. The maximum Gasteiger partial charge on any atom is 0.247 e. The first-order chi connectivity index (χ1) is 18.7. The fourth-order valence-electron chi connectivity index (χ4n) is 6.25. The van der Waals surface area contributed by atoms with Gasteiger partial charge < -0.3 is 14.6 Å². The number of pyridine rings is 2. The average molecular weight is 509 g/mol. The summed E-state index contributed by atoms with van der Waals surface area (Å²) in [6.45, 7) is 4.06.